The van der Waals surface area contributed by atoms with Gasteiger partial charge in [-0.1, -0.05) is 12.1 Å². The van der Waals surface area contributed by atoms with Crippen molar-refractivity contribution in [1.29, 1.82) is 0 Å². The SMILES string of the molecule is COCc1ccc(C2(O)COC2)cc1F. The van der Waals surface area contributed by atoms with Crippen molar-refractivity contribution in [3.63, 3.8) is 0 Å². The summed E-state index contributed by atoms with van der Waals surface area (Å²) in [6.45, 7) is 0.702. The number of rotatable bonds is 3. The molecule has 0 amide bonds. The minimum atomic E-state index is -1.01. The minimum Gasteiger partial charge on any atom is -0.380 e. The Morgan fingerprint density at radius 3 is 2.73 bits per heavy atom. The molecule has 1 heterocycles. The van der Waals surface area contributed by atoms with Crippen LogP contribution in [0, 0.1) is 5.82 Å². The van der Waals surface area contributed by atoms with Crippen molar-refractivity contribution >= 4 is 0 Å². The van der Waals surface area contributed by atoms with Crippen LogP contribution in [0.15, 0.2) is 18.2 Å². The van der Waals surface area contributed by atoms with E-state index in [1.807, 2.05) is 0 Å². The summed E-state index contributed by atoms with van der Waals surface area (Å²) in [6, 6.07) is 4.68. The summed E-state index contributed by atoms with van der Waals surface area (Å²) < 4.78 is 23.3. The fraction of sp³-hybridized carbons (Fsp3) is 0.455. The zero-order valence-corrected chi connectivity index (χ0v) is 8.50. The highest BCUT2D eigenvalue weighted by atomic mass is 19.1. The molecule has 0 spiro atoms. The average molecular weight is 212 g/mol. The molecular weight excluding hydrogens is 199 g/mol. The molecule has 1 fully saturated rings. The van der Waals surface area contributed by atoms with Crippen LogP contribution in [0.5, 0.6) is 0 Å². The van der Waals surface area contributed by atoms with E-state index in [1.165, 1.54) is 13.2 Å². The molecule has 1 aliphatic heterocycles. The molecule has 0 radical (unpaired) electrons. The molecule has 0 aromatic heterocycles. The van der Waals surface area contributed by atoms with Gasteiger partial charge >= 0.3 is 0 Å². The van der Waals surface area contributed by atoms with Gasteiger partial charge in [0.2, 0.25) is 0 Å². The first-order valence-corrected chi connectivity index (χ1v) is 4.74. The van der Waals surface area contributed by atoms with Gasteiger partial charge in [-0.2, -0.15) is 0 Å². The predicted molar refractivity (Wildman–Crippen MR) is 51.8 cm³/mol. The Morgan fingerprint density at radius 2 is 2.27 bits per heavy atom. The third-order valence-electron chi connectivity index (χ3n) is 2.57. The Hall–Kier alpha value is -0.970. The van der Waals surface area contributed by atoms with E-state index in [1.54, 1.807) is 12.1 Å². The second kappa shape index (κ2) is 3.89. The Balaban J connectivity index is 2.25. The summed E-state index contributed by atoms with van der Waals surface area (Å²) in [5.74, 6) is -0.352. The lowest BCUT2D eigenvalue weighted by Crippen LogP contribution is -2.46. The van der Waals surface area contributed by atoms with Crippen molar-refractivity contribution in [2.24, 2.45) is 0 Å². The van der Waals surface area contributed by atoms with E-state index in [9.17, 15) is 9.50 Å². The summed E-state index contributed by atoms with van der Waals surface area (Å²) in [5, 5.41) is 9.90. The monoisotopic (exact) mass is 212 g/mol. The summed E-state index contributed by atoms with van der Waals surface area (Å²) >= 11 is 0. The quantitative estimate of drug-likeness (QED) is 0.818. The molecule has 1 aromatic carbocycles. The van der Waals surface area contributed by atoms with Gasteiger partial charge in [0.25, 0.3) is 0 Å². The van der Waals surface area contributed by atoms with Gasteiger partial charge in [0.15, 0.2) is 0 Å². The van der Waals surface area contributed by atoms with E-state index in [-0.39, 0.29) is 25.6 Å². The average Bonchev–Trinajstić information content (AvgIpc) is 2.18. The van der Waals surface area contributed by atoms with Gasteiger partial charge in [-0.3, -0.25) is 0 Å². The Bertz CT molecular complexity index is 361. The first-order chi connectivity index (χ1) is 7.15. The van der Waals surface area contributed by atoms with Gasteiger partial charge in [-0.15, -0.1) is 0 Å². The van der Waals surface area contributed by atoms with Crippen LogP contribution in [0.4, 0.5) is 4.39 Å². The maximum absolute atomic E-state index is 13.5. The molecule has 1 N–H and O–H groups in total. The standard InChI is InChI=1S/C11H13FO3/c1-14-5-8-2-3-9(4-10(8)12)11(13)6-15-7-11/h2-4,13H,5-7H2,1H3. The lowest BCUT2D eigenvalue weighted by atomic mass is 9.91. The fourth-order valence-corrected chi connectivity index (χ4v) is 1.57. The van der Waals surface area contributed by atoms with Crippen LogP contribution in [-0.4, -0.2) is 25.4 Å². The van der Waals surface area contributed by atoms with Crippen LogP contribution in [0.1, 0.15) is 11.1 Å². The number of ether oxygens (including phenoxy) is 2. The number of halogens is 1. The number of benzene rings is 1. The van der Waals surface area contributed by atoms with Crippen molar-refractivity contribution < 1.29 is 19.0 Å². The molecule has 0 unspecified atom stereocenters. The molecular formula is C11H13FO3. The number of hydrogen-bond donors (Lipinski definition) is 1. The van der Waals surface area contributed by atoms with Crippen molar-refractivity contribution in [2.45, 2.75) is 12.2 Å². The minimum absolute atomic E-state index is 0.232. The van der Waals surface area contributed by atoms with Gasteiger partial charge < -0.3 is 14.6 Å². The van der Waals surface area contributed by atoms with Crippen molar-refractivity contribution in [2.75, 3.05) is 20.3 Å². The first-order valence-electron chi connectivity index (χ1n) is 4.74. The van der Waals surface area contributed by atoms with E-state index in [0.717, 1.165) is 0 Å². The van der Waals surface area contributed by atoms with Crippen LogP contribution < -0.4 is 0 Å². The molecule has 82 valence electrons. The van der Waals surface area contributed by atoms with Gasteiger partial charge in [-0.25, -0.2) is 4.39 Å². The highest BCUT2D eigenvalue weighted by Gasteiger charge is 2.38. The fourth-order valence-electron chi connectivity index (χ4n) is 1.57. The second-order valence-corrected chi connectivity index (χ2v) is 3.76. The Kier molecular flexibility index (Phi) is 2.73. The van der Waals surface area contributed by atoms with Crippen molar-refractivity contribution in [3.05, 3.63) is 35.1 Å². The Labute approximate surface area is 87.4 Å². The third-order valence-corrected chi connectivity index (χ3v) is 2.57. The van der Waals surface area contributed by atoms with E-state index < -0.39 is 5.60 Å². The van der Waals surface area contributed by atoms with Crippen molar-refractivity contribution in [3.8, 4) is 0 Å². The number of aliphatic hydroxyl groups is 1. The zero-order chi connectivity index (χ0) is 10.9. The maximum atomic E-state index is 13.5. The van der Waals surface area contributed by atoms with Crippen molar-refractivity contribution in [1.82, 2.24) is 0 Å². The highest BCUT2D eigenvalue weighted by Crippen LogP contribution is 2.30. The summed E-state index contributed by atoms with van der Waals surface area (Å²) in [5.41, 5.74) is 0.0445. The highest BCUT2D eigenvalue weighted by molar-refractivity contribution is 5.29. The molecule has 0 bridgehead atoms. The van der Waals surface area contributed by atoms with Crippen LogP contribution >= 0.6 is 0 Å². The first kappa shape index (κ1) is 10.5. The van der Waals surface area contributed by atoms with Crippen LogP contribution in [-0.2, 0) is 21.7 Å². The second-order valence-electron chi connectivity index (χ2n) is 3.76. The van der Waals surface area contributed by atoms with E-state index in [4.69, 9.17) is 9.47 Å². The van der Waals surface area contributed by atoms with Gasteiger partial charge in [0, 0.05) is 12.7 Å². The van der Waals surface area contributed by atoms with E-state index >= 15 is 0 Å². The third kappa shape index (κ3) is 1.88. The smallest absolute Gasteiger partial charge is 0.136 e. The molecule has 0 aliphatic carbocycles. The molecule has 4 heteroatoms. The predicted octanol–water partition coefficient (Wildman–Crippen LogP) is 1.19. The zero-order valence-electron chi connectivity index (χ0n) is 8.50. The molecule has 1 aromatic rings. The van der Waals surface area contributed by atoms with Gasteiger partial charge in [-0.05, 0) is 11.6 Å². The van der Waals surface area contributed by atoms with Crippen LogP contribution in [0.25, 0.3) is 0 Å². The van der Waals surface area contributed by atoms with E-state index in [0.29, 0.717) is 11.1 Å². The van der Waals surface area contributed by atoms with Crippen LogP contribution in [0.3, 0.4) is 0 Å². The molecule has 15 heavy (non-hydrogen) atoms. The topological polar surface area (TPSA) is 38.7 Å². The summed E-state index contributed by atoms with van der Waals surface area (Å²) in [6.07, 6.45) is 0. The largest absolute Gasteiger partial charge is 0.380 e. The number of methoxy groups -OCH3 is 1. The van der Waals surface area contributed by atoms with Crippen LogP contribution in [0.2, 0.25) is 0 Å². The van der Waals surface area contributed by atoms with Gasteiger partial charge in [0.1, 0.15) is 11.4 Å². The lowest BCUT2D eigenvalue weighted by Gasteiger charge is -2.36. The van der Waals surface area contributed by atoms with E-state index in [2.05, 4.69) is 0 Å². The van der Waals surface area contributed by atoms with Gasteiger partial charge in [0.05, 0.1) is 19.8 Å². The molecule has 0 atom stereocenters. The normalized spacial score (nSPS) is 18.6. The molecule has 1 aliphatic rings. The lowest BCUT2D eigenvalue weighted by molar-refractivity contribution is -0.184. The molecule has 3 nitrogen and oxygen atoms in total. The molecule has 2 rings (SSSR count). The Morgan fingerprint density at radius 1 is 1.53 bits per heavy atom. The summed E-state index contributed by atoms with van der Waals surface area (Å²) in [4.78, 5) is 0. The summed E-state index contributed by atoms with van der Waals surface area (Å²) in [7, 11) is 1.51. The molecule has 0 saturated carbocycles. The molecule has 1 saturated heterocycles. The number of hydrogen-bond acceptors (Lipinski definition) is 3. The maximum Gasteiger partial charge on any atom is 0.136 e.